The monoisotopic (exact) mass is 246 g/mol. The molecule has 1 N–H and O–H groups in total. The van der Waals surface area contributed by atoms with Crippen LogP contribution in [-0.2, 0) is 4.79 Å². The maximum absolute atomic E-state index is 11.3. The van der Waals surface area contributed by atoms with Gasteiger partial charge in [-0.3, -0.25) is 14.9 Å². The molecule has 1 fully saturated rings. The van der Waals surface area contributed by atoms with Crippen LogP contribution in [0.4, 0.5) is 4.79 Å². The lowest BCUT2D eigenvalue weighted by Gasteiger charge is -1.94. The van der Waals surface area contributed by atoms with E-state index >= 15 is 0 Å². The minimum absolute atomic E-state index is 0.352. The SMILES string of the molecule is O=C1NC(=O)C(=Cc2ccc3occc3n2)S1. The van der Waals surface area contributed by atoms with Crippen molar-refractivity contribution < 1.29 is 14.0 Å². The lowest BCUT2D eigenvalue weighted by molar-refractivity contribution is -0.115. The maximum atomic E-state index is 11.3. The Morgan fingerprint density at radius 3 is 2.94 bits per heavy atom. The summed E-state index contributed by atoms with van der Waals surface area (Å²) in [5.74, 6) is -0.380. The number of pyridine rings is 1. The topological polar surface area (TPSA) is 72.2 Å². The van der Waals surface area contributed by atoms with E-state index in [1.807, 2.05) is 0 Å². The van der Waals surface area contributed by atoms with E-state index in [0.717, 1.165) is 11.8 Å². The Bertz CT molecular complexity index is 660. The molecule has 0 unspecified atom stereocenters. The highest BCUT2D eigenvalue weighted by Gasteiger charge is 2.25. The molecule has 3 rings (SSSR count). The number of furan rings is 1. The second kappa shape index (κ2) is 3.74. The van der Waals surface area contributed by atoms with Gasteiger partial charge in [0.2, 0.25) is 0 Å². The molecule has 84 valence electrons. The molecule has 6 heteroatoms. The van der Waals surface area contributed by atoms with Crippen LogP contribution in [-0.4, -0.2) is 16.1 Å². The molecule has 5 nitrogen and oxygen atoms in total. The van der Waals surface area contributed by atoms with E-state index < -0.39 is 0 Å². The quantitative estimate of drug-likeness (QED) is 0.780. The standard InChI is InChI=1S/C11H6N2O3S/c14-10-9(17-11(15)13-10)5-6-1-2-8-7(12-6)3-4-16-8/h1-5H,(H,13,14,15). The van der Waals surface area contributed by atoms with Crippen molar-refractivity contribution in [3.63, 3.8) is 0 Å². The molecule has 1 aliphatic rings. The molecular formula is C11H6N2O3S. The zero-order chi connectivity index (χ0) is 11.8. The molecule has 2 aromatic rings. The molecular weight excluding hydrogens is 240 g/mol. The first-order valence-corrected chi connectivity index (χ1v) is 5.63. The minimum atomic E-state index is -0.380. The van der Waals surface area contributed by atoms with Gasteiger partial charge in [0, 0.05) is 6.07 Å². The number of imide groups is 1. The normalized spacial score (nSPS) is 18.0. The Labute approximate surface area is 99.9 Å². The molecule has 3 heterocycles. The van der Waals surface area contributed by atoms with Crippen LogP contribution in [0.25, 0.3) is 17.2 Å². The van der Waals surface area contributed by atoms with E-state index in [4.69, 9.17) is 4.42 Å². The first kappa shape index (κ1) is 10.1. The van der Waals surface area contributed by atoms with Crippen molar-refractivity contribution in [2.45, 2.75) is 0 Å². The molecule has 0 saturated carbocycles. The van der Waals surface area contributed by atoms with Crippen LogP contribution in [0.15, 0.2) is 33.8 Å². The summed E-state index contributed by atoms with van der Waals surface area (Å²) in [6, 6.07) is 5.24. The number of rotatable bonds is 1. The molecule has 0 aliphatic carbocycles. The number of thioether (sulfide) groups is 1. The molecule has 0 bridgehead atoms. The number of carbonyl (C=O) groups excluding carboxylic acids is 2. The van der Waals surface area contributed by atoms with Gasteiger partial charge in [-0.25, -0.2) is 4.98 Å². The Hall–Kier alpha value is -2.08. The number of fused-ring (bicyclic) bond motifs is 1. The van der Waals surface area contributed by atoms with Crippen molar-refractivity contribution in [3.8, 4) is 0 Å². The highest BCUT2D eigenvalue weighted by Crippen LogP contribution is 2.25. The molecule has 0 radical (unpaired) electrons. The fraction of sp³-hybridized carbons (Fsp3) is 0. The van der Waals surface area contributed by atoms with E-state index in [2.05, 4.69) is 10.3 Å². The van der Waals surface area contributed by atoms with Crippen LogP contribution < -0.4 is 5.32 Å². The molecule has 1 aliphatic heterocycles. The fourth-order valence-corrected chi connectivity index (χ4v) is 2.17. The van der Waals surface area contributed by atoms with Gasteiger partial charge in [0.1, 0.15) is 5.52 Å². The van der Waals surface area contributed by atoms with Gasteiger partial charge in [0.25, 0.3) is 11.1 Å². The van der Waals surface area contributed by atoms with Crippen LogP contribution in [0.5, 0.6) is 0 Å². The van der Waals surface area contributed by atoms with Crippen molar-refractivity contribution in [1.29, 1.82) is 0 Å². The predicted octanol–water partition coefficient (Wildman–Crippen LogP) is 2.15. The summed E-state index contributed by atoms with van der Waals surface area (Å²) < 4.78 is 5.16. The van der Waals surface area contributed by atoms with Gasteiger partial charge in [0.15, 0.2) is 5.58 Å². The lowest BCUT2D eigenvalue weighted by atomic mass is 10.3. The van der Waals surface area contributed by atoms with Gasteiger partial charge < -0.3 is 4.42 Å². The van der Waals surface area contributed by atoms with Gasteiger partial charge in [-0.05, 0) is 30.0 Å². The largest absolute Gasteiger partial charge is 0.463 e. The van der Waals surface area contributed by atoms with Gasteiger partial charge in [-0.15, -0.1) is 0 Å². The maximum Gasteiger partial charge on any atom is 0.290 e. The molecule has 0 spiro atoms. The van der Waals surface area contributed by atoms with Crippen LogP contribution >= 0.6 is 11.8 Å². The average molecular weight is 246 g/mol. The number of nitrogens with zero attached hydrogens (tertiary/aromatic N) is 1. The third kappa shape index (κ3) is 1.83. The molecule has 1 saturated heterocycles. The smallest absolute Gasteiger partial charge is 0.290 e. The van der Waals surface area contributed by atoms with Gasteiger partial charge in [-0.2, -0.15) is 0 Å². The average Bonchev–Trinajstić information content (AvgIpc) is 2.85. The number of amides is 2. The van der Waals surface area contributed by atoms with Gasteiger partial charge >= 0.3 is 0 Å². The highest BCUT2D eigenvalue weighted by molar-refractivity contribution is 8.18. The van der Waals surface area contributed by atoms with Gasteiger partial charge in [0.05, 0.1) is 16.9 Å². The third-order valence-electron chi connectivity index (χ3n) is 2.25. The Kier molecular flexibility index (Phi) is 2.22. The predicted molar refractivity (Wildman–Crippen MR) is 63.1 cm³/mol. The summed E-state index contributed by atoms with van der Waals surface area (Å²) in [4.78, 5) is 27.0. The van der Waals surface area contributed by atoms with Gasteiger partial charge in [-0.1, -0.05) is 0 Å². The van der Waals surface area contributed by atoms with E-state index in [1.165, 1.54) is 0 Å². The first-order valence-electron chi connectivity index (χ1n) is 4.81. The van der Waals surface area contributed by atoms with E-state index in [1.54, 1.807) is 30.5 Å². The summed E-state index contributed by atoms with van der Waals surface area (Å²) in [5, 5.41) is 1.83. The highest BCUT2D eigenvalue weighted by atomic mass is 32.2. The van der Waals surface area contributed by atoms with Crippen molar-refractivity contribution >= 4 is 40.1 Å². The molecule has 0 atom stereocenters. The van der Waals surface area contributed by atoms with E-state index in [0.29, 0.717) is 21.7 Å². The van der Waals surface area contributed by atoms with Crippen molar-refractivity contribution in [2.24, 2.45) is 0 Å². The second-order valence-electron chi connectivity index (χ2n) is 3.39. The Balaban J connectivity index is 2.01. The number of hydrogen-bond donors (Lipinski definition) is 1. The summed E-state index contributed by atoms with van der Waals surface area (Å²) in [5.41, 5.74) is 2.02. The number of hydrogen-bond acceptors (Lipinski definition) is 5. The van der Waals surface area contributed by atoms with Crippen LogP contribution in [0.3, 0.4) is 0 Å². The molecule has 2 amide bonds. The van der Waals surface area contributed by atoms with Crippen molar-refractivity contribution in [3.05, 3.63) is 35.1 Å². The molecule has 2 aromatic heterocycles. The van der Waals surface area contributed by atoms with Crippen LogP contribution in [0, 0.1) is 0 Å². The zero-order valence-electron chi connectivity index (χ0n) is 8.47. The summed E-state index contributed by atoms with van der Waals surface area (Å²) in [7, 11) is 0. The van der Waals surface area contributed by atoms with Crippen molar-refractivity contribution in [2.75, 3.05) is 0 Å². The van der Waals surface area contributed by atoms with Crippen LogP contribution in [0.2, 0.25) is 0 Å². The fourth-order valence-electron chi connectivity index (χ4n) is 1.50. The summed E-state index contributed by atoms with van der Waals surface area (Å²) in [6.45, 7) is 0. The van der Waals surface area contributed by atoms with E-state index in [-0.39, 0.29) is 11.1 Å². The summed E-state index contributed by atoms with van der Waals surface area (Å²) >= 11 is 0.874. The van der Waals surface area contributed by atoms with Crippen LogP contribution in [0.1, 0.15) is 5.69 Å². The number of aromatic nitrogens is 1. The number of carbonyl (C=O) groups is 2. The van der Waals surface area contributed by atoms with E-state index in [9.17, 15) is 9.59 Å². The van der Waals surface area contributed by atoms with Crippen molar-refractivity contribution in [1.82, 2.24) is 10.3 Å². The second-order valence-corrected chi connectivity index (χ2v) is 4.41. The number of nitrogens with one attached hydrogen (secondary N) is 1. The lowest BCUT2D eigenvalue weighted by Crippen LogP contribution is -2.17. The minimum Gasteiger partial charge on any atom is -0.463 e. The Morgan fingerprint density at radius 2 is 2.18 bits per heavy atom. The zero-order valence-corrected chi connectivity index (χ0v) is 9.28. The first-order chi connectivity index (χ1) is 8.22. The molecule has 0 aromatic carbocycles. The Morgan fingerprint density at radius 1 is 1.29 bits per heavy atom. The molecule has 17 heavy (non-hydrogen) atoms. The third-order valence-corrected chi connectivity index (χ3v) is 3.06. The summed E-state index contributed by atoms with van der Waals surface area (Å²) in [6.07, 6.45) is 3.13.